The van der Waals surface area contributed by atoms with Crippen LogP contribution in [0, 0.1) is 11.6 Å². The first kappa shape index (κ1) is 29.2. The largest absolute Gasteiger partial charge is 0.480 e. The van der Waals surface area contributed by atoms with Crippen molar-refractivity contribution in [1.29, 1.82) is 0 Å². The zero-order chi connectivity index (χ0) is 29.5. The molecule has 1 saturated carbocycles. The van der Waals surface area contributed by atoms with Crippen LogP contribution in [0.1, 0.15) is 60.0 Å². The molecule has 11 heteroatoms. The molecule has 0 saturated heterocycles. The predicted molar refractivity (Wildman–Crippen MR) is 145 cm³/mol. The molecular formula is C30H29ClF4N2O4. The summed E-state index contributed by atoms with van der Waals surface area (Å²) < 4.78 is 68.2. The van der Waals surface area contributed by atoms with Gasteiger partial charge in [0.1, 0.15) is 11.6 Å². The number of primary amides is 1. The van der Waals surface area contributed by atoms with Crippen molar-refractivity contribution in [1.82, 2.24) is 5.32 Å². The normalized spacial score (nSPS) is 23.8. The number of carbonyl (C=O) groups is 1. The number of ether oxygens (including phenoxy) is 2. The van der Waals surface area contributed by atoms with Crippen LogP contribution in [0.5, 0.6) is 11.5 Å². The smallest absolute Gasteiger partial charge is 0.387 e. The number of aliphatic hydroxyl groups excluding tert-OH is 1. The van der Waals surface area contributed by atoms with Crippen molar-refractivity contribution in [3.8, 4) is 22.6 Å². The summed E-state index contributed by atoms with van der Waals surface area (Å²) in [6.45, 7) is -1.28. The van der Waals surface area contributed by atoms with Crippen LogP contribution in [0.3, 0.4) is 0 Å². The molecule has 0 radical (unpaired) electrons. The molecule has 1 heterocycles. The van der Waals surface area contributed by atoms with Gasteiger partial charge in [-0.1, -0.05) is 48.9 Å². The molecule has 5 rings (SSSR count). The van der Waals surface area contributed by atoms with Gasteiger partial charge in [-0.25, -0.2) is 8.78 Å². The average molecular weight is 593 g/mol. The van der Waals surface area contributed by atoms with Gasteiger partial charge < -0.3 is 25.6 Å². The van der Waals surface area contributed by atoms with Gasteiger partial charge >= 0.3 is 6.61 Å². The highest BCUT2D eigenvalue weighted by Crippen LogP contribution is 2.56. The minimum Gasteiger partial charge on any atom is -0.480 e. The number of aliphatic hydroxyl groups is 1. The lowest BCUT2D eigenvalue weighted by Crippen LogP contribution is -2.48. The average Bonchev–Trinajstić information content (AvgIpc) is 3.22. The molecule has 41 heavy (non-hydrogen) atoms. The molecule has 218 valence electrons. The third-order valence-corrected chi connectivity index (χ3v) is 8.47. The second kappa shape index (κ2) is 11.5. The first-order chi connectivity index (χ1) is 19.5. The molecule has 0 bridgehead atoms. The van der Waals surface area contributed by atoms with Gasteiger partial charge in [0.05, 0.1) is 16.7 Å². The molecule has 2 atom stereocenters. The molecule has 1 amide bonds. The van der Waals surface area contributed by atoms with Crippen molar-refractivity contribution < 1.29 is 36.9 Å². The van der Waals surface area contributed by atoms with E-state index in [1.165, 1.54) is 0 Å². The summed E-state index contributed by atoms with van der Waals surface area (Å²) in [6, 6.07) is 12.3. The van der Waals surface area contributed by atoms with E-state index in [9.17, 15) is 18.7 Å². The Morgan fingerprint density at radius 3 is 2.46 bits per heavy atom. The number of alkyl halides is 2. The summed E-state index contributed by atoms with van der Waals surface area (Å²) in [4.78, 5) is 12.4. The highest BCUT2D eigenvalue weighted by atomic mass is 35.5. The van der Waals surface area contributed by atoms with Crippen LogP contribution in [-0.2, 0) is 5.60 Å². The van der Waals surface area contributed by atoms with Crippen LogP contribution in [0.4, 0.5) is 17.6 Å². The van der Waals surface area contributed by atoms with Gasteiger partial charge in [-0.05, 0) is 43.4 Å². The van der Waals surface area contributed by atoms with Crippen molar-refractivity contribution >= 4 is 17.5 Å². The fourth-order valence-electron chi connectivity index (χ4n) is 5.98. The summed E-state index contributed by atoms with van der Waals surface area (Å²) in [5, 5.41) is 12.9. The van der Waals surface area contributed by atoms with Gasteiger partial charge in [-0.3, -0.25) is 4.79 Å². The number of hydrogen-bond donors (Lipinski definition) is 3. The fraction of sp³-hybridized carbons (Fsp3) is 0.367. The molecule has 0 unspecified atom stereocenters. The first-order valence-electron chi connectivity index (χ1n) is 13.3. The summed E-state index contributed by atoms with van der Waals surface area (Å²) in [7, 11) is 0. The lowest BCUT2D eigenvalue weighted by molar-refractivity contribution is -0.0521. The summed E-state index contributed by atoms with van der Waals surface area (Å²) in [6.07, 6.45) is 2.48. The quantitative estimate of drug-likeness (QED) is 0.268. The number of benzene rings is 3. The molecule has 1 aliphatic heterocycles. The Kier molecular flexibility index (Phi) is 8.18. The molecule has 3 aromatic carbocycles. The Balaban J connectivity index is 1.68. The minimum absolute atomic E-state index is 0.0640. The second-order valence-corrected chi connectivity index (χ2v) is 10.8. The van der Waals surface area contributed by atoms with Crippen LogP contribution in [-0.4, -0.2) is 36.3 Å². The van der Waals surface area contributed by atoms with Gasteiger partial charge in [0.15, 0.2) is 17.2 Å². The maximum Gasteiger partial charge on any atom is 0.387 e. The standard InChI is InChI=1S/C30H29ClF4N2O4/c1-15-23-22(41-30(15,16-5-3-2-4-6-16)14-37-17-7-9-18(38)10-8-17)13-20(32)26(31)25(23)24-19(28(36)39)11-12-21(27(24)33)40-29(34)35/h2-6,11-13,15,17-18,29,37-38H,7-10,14H2,1H3,(H2,36,39)/t15-,17-,18+,30-/m0/s1. The number of fused-ring (bicyclic) bond motifs is 1. The maximum absolute atomic E-state index is 15.9. The lowest BCUT2D eigenvalue weighted by atomic mass is 9.77. The monoisotopic (exact) mass is 592 g/mol. The topological polar surface area (TPSA) is 93.8 Å². The van der Waals surface area contributed by atoms with Crippen LogP contribution >= 0.6 is 11.6 Å². The predicted octanol–water partition coefficient (Wildman–Crippen LogP) is 6.27. The third-order valence-electron chi connectivity index (χ3n) is 8.10. The molecule has 4 N–H and O–H groups in total. The van der Waals surface area contributed by atoms with E-state index >= 15 is 8.78 Å². The van der Waals surface area contributed by atoms with Crippen molar-refractivity contribution in [2.75, 3.05) is 6.54 Å². The van der Waals surface area contributed by atoms with Crippen LogP contribution < -0.4 is 20.5 Å². The molecule has 0 spiro atoms. The van der Waals surface area contributed by atoms with Gasteiger partial charge in [-0.2, -0.15) is 8.78 Å². The fourth-order valence-corrected chi connectivity index (χ4v) is 6.23. The van der Waals surface area contributed by atoms with Gasteiger partial charge in [0.25, 0.3) is 0 Å². The molecule has 2 aliphatic rings. The molecule has 6 nitrogen and oxygen atoms in total. The maximum atomic E-state index is 15.9. The number of nitrogens with one attached hydrogen (secondary N) is 1. The third kappa shape index (κ3) is 5.36. The van der Waals surface area contributed by atoms with E-state index in [-0.39, 0.29) is 41.1 Å². The van der Waals surface area contributed by atoms with Crippen molar-refractivity contribution in [3.63, 3.8) is 0 Å². The Morgan fingerprint density at radius 1 is 1.15 bits per heavy atom. The highest BCUT2D eigenvalue weighted by Gasteiger charge is 2.50. The zero-order valence-corrected chi connectivity index (χ0v) is 22.9. The molecule has 1 aliphatic carbocycles. The SMILES string of the molecule is C[C@H]1c2c(cc(F)c(Cl)c2-c2c(C(N)=O)ccc(OC(F)F)c2F)O[C@]1(CN[C@H]1CC[C@@H](O)CC1)c1ccccc1. The molecule has 1 fully saturated rings. The van der Waals surface area contributed by atoms with Crippen molar-refractivity contribution in [3.05, 3.63) is 81.9 Å². The Bertz CT molecular complexity index is 1450. The van der Waals surface area contributed by atoms with E-state index in [1.54, 1.807) is 0 Å². The Hall–Kier alpha value is -3.34. The van der Waals surface area contributed by atoms with E-state index < -0.39 is 52.0 Å². The van der Waals surface area contributed by atoms with E-state index in [4.69, 9.17) is 22.1 Å². The number of halogens is 5. The Morgan fingerprint density at radius 2 is 1.83 bits per heavy atom. The van der Waals surface area contributed by atoms with Crippen LogP contribution in [0.2, 0.25) is 5.02 Å². The second-order valence-electron chi connectivity index (χ2n) is 10.5. The van der Waals surface area contributed by atoms with Crippen LogP contribution in [0.15, 0.2) is 48.5 Å². The van der Waals surface area contributed by atoms with E-state index in [1.807, 2.05) is 37.3 Å². The minimum atomic E-state index is -3.36. The Labute approximate surface area is 239 Å². The first-order valence-corrected chi connectivity index (χ1v) is 13.7. The van der Waals surface area contributed by atoms with E-state index in [2.05, 4.69) is 10.1 Å². The number of rotatable bonds is 8. The van der Waals surface area contributed by atoms with E-state index in [0.29, 0.717) is 12.8 Å². The van der Waals surface area contributed by atoms with E-state index in [0.717, 1.165) is 36.6 Å². The van der Waals surface area contributed by atoms with Crippen molar-refractivity contribution in [2.45, 2.75) is 62.9 Å². The van der Waals surface area contributed by atoms with Crippen LogP contribution in [0.25, 0.3) is 11.1 Å². The summed E-state index contributed by atoms with van der Waals surface area (Å²) in [5.74, 6) is -4.75. The van der Waals surface area contributed by atoms with Gasteiger partial charge in [0, 0.05) is 41.3 Å². The zero-order valence-electron chi connectivity index (χ0n) is 22.1. The number of carbonyl (C=O) groups excluding carboxylic acids is 1. The number of hydrogen-bond acceptors (Lipinski definition) is 5. The number of nitrogens with two attached hydrogens (primary N) is 1. The summed E-state index contributed by atoms with van der Waals surface area (Å²) >= 11 is 6.46. The summed E-state index contributed by atoms with van der Waals surface area (Å²) in [5.41, 5.74) is 4.29. The van der Waals surface area contributed by atoms with Crippen molar-refractivity contribution in [2.24, 2.45) is 5.73 Å². The lowest BCUT2D eigenvalue weighted by Gasteiger charge is -2.37. The molecule has 3 aromatic rings. The number of amides is 1. The molecule has 0 aromatic heterocycles. The van der Waals surface area contributed by atoms with Gasteiger partial charge in [-0.15, -0.1) is 0 Å². The van der Waals surface area contributed by atoms with Gasteiger partial charge in [0.2, 0.25) is 5.91 Å². The molecular weight excluding hydrogens is 564 g/mol. The highest BCUT2D eigenvalue weighted by molar-refractivity contribution is 6.34.